The summed E-state index contributed by atoms with van der Waals surface area (Å²) in [5.74, 6) is -1.15. The first-order valence-corrected chi connectivity index (χ1v) is 12.7. The fourth-order valence-corrected chi connectivity index (χ4v) is 5.19. The molecule has 0 radical (unpaired) electrons. The molecule has 2 aromatic carbocycles. The van der Waals surface area contributed by atoms with Crippen molar-refractivity contribution in [1.82, 2.24) is 10.3 Å². The number of anilines is 3. The molecule has 194 valence electrons. The van der Waals surface area contributed by atoms with E-state index in [1.165, 1.54) is 29.2 Å². The average molecular weight is 526 g/mol. The van der Waals surface area contributed by atoms with E-state index >= 15 is 0 Å². The highest BCUT2D eigenvalue weighted by Crippen LogP contribution is 2.36. The second kappa shape index (κ2) is 11.4. The predicted octanol–water partition coefficient (Wildman–Crippen LogP) is 3.54. The van der Waals surface area contributed by atoms with Crippen LogP contribution in [-0.2, 0) is 9.59 Å². The van der Waals surface area contributed by atoms with Crippen molar-refractivity contribution >= 4 is 45.6 Å². The first-order chi connectivity index (χ1) is 17.7. The van der Waals surface area contributed by atoms with Crippen LogP contribution in [0.3, 0.4) is 0 Å². The molecule has 1 saturated carbocycles. The number of hydrogen-bond donors (Lipinski definition) is 3. The Labute approximate surface area is 217 Å². The van der Waals surface area contributed by atoms with Gasteiger partial charge in [0.1, 0.15) is 28.3 Å². The first kappa shape index (κ1) is 26.1. The van der Waals surface area contributed by atoms with Gasteiger partial charge in [-0.25, -0.2) is 9.37 Å². The van der Waals surface area contributed by atoms with Crippen LogP contribution in [0.1, 0.15) is 47.8 Å². The molecule has 5 N–H and O–H groups in total. The van der Waals surface area contributed by atoms with Crippen molar-refractivity contribution in [3.05, 3.63) is 64.8 Å². The average Bonchev–Trinajstić information content (AvgIpc) is 3.53. The Morgan fingerprint density at radius 2 is 1.78 bits per heavy atom. The van der Waals surface area contributed by atoms with Gasteiger partial charge < -0.3 is 26.4 Å². The molecule has 0 aliphatic heterocycles. The first-order valence-electron chi connectivity index (χ1n) is 11.9. The van der Waals surface area contributed by atoms with Crippen molar-refractivity contribution < 1.29 is 23.5 Å². The molecule has 9 nitrogen and oxygen atoms in total. The van der Waals surface area contributed by atoms with Crippen molar-refractivity contribution in [2.75, 3.05) is 17.2 Å². The minimum Gasteiger partial charge on any atom is -0.484 e. The molecule has 2 amide bonds. The zero-order valence-electron chi connectivity index (χ0n) is 20.3. The molecule has 1 atom stereocenters. The molecule has 0 unspecified atom stereocenters. The molecule has 1 aliphatic rings. The standard InChI is InChI=1S/C26H28FN5O4S/c1-15(25(29)35)32(19-10-8-17(27)9-11-19)26-31-24(28)23(37-26)22(34)16-6-12-20(13-7-16)36-14-21(33)30-18-4-2-3-5-18/h6-13,15,18H,2-5,14,28H2,1H3,(H2,29,35)(H,30,33)/t15-/m1/s1. The predicted molar refractivity (Wildman–Crippen MR) is 139 cm³/mol. The number of nitrogen functional groups attached to an aromatic ring is 1. The maximum atomic E-state index is 13.5. The quantitative estimate of drug-likeness (QED) is 0.344. The molecular weight excluding hydrogens is 497 g/mol. The number of nitrogens with zero attached hydrogens (tertiary/aromatic N) is 2. The van der Waals surface area contributed by atoms with E-state index in [1.54, 1.807) is 31.2 Å². The SMILES string of the molecule is C[C@H](C(N)=O)N(c1ccc(F)cc1)c1nc(N)c(C(=O)c2ccc(OCC(=O)NC3CCCC3)cc2)s1. The second-order valence-electron chi connectivity index (χ2n) is 8.83. The van der Waals surface area contributed by atoms with E-state index in [2.05, 4.69) is 10.3 Å². The molecule has 1 aromatic heterocycles. The Kier molecular flexibility index (Phi) is 8.02. The van der Waals surface area contributed by atoms with Crippen LogP contribution < -0.4 is 26.4 Å². The van der Waals surface area contributed by atoms with Crippen LogP contribution in [0.25, 0.3) is 0 Å². The number of ether oxygens (including phenoxy) is 1. The molecule has 4 rings (SSSR count). The van der Waals surface area contributed by atoms with E-state index in [0.717, 1.165) is 37.0 Å². The number of carbonyl (C=O) groups excluding carboxylic acids is 3. The molecule has 1 fully saturated rings. The maximum absolute atomic E-state index is 13.5. The number of rotatable bonds is 10. The van der Waals surface area contributed by atoms with E-state index in [-0.39, 0.29) is 40.2 Å². The number of amides is 2. The number of aromatic nitrogens is 1. The summed E-state index contributed by atoms with van der Waals surface area (Å²) >= 11 is 1.00. The molecule has 0 bridgehead atoms. The minimum absolute atomic E-state index is 0.00214. The zero-order chi connectivity index (χ0) is 26.5. The van der Waals surface area contributed by atoms with Crippen molar-refractivity contribution in [3.8, 4) is 5.75 Å². The smallest absolute Gasteiger partial charge is 0.258 e. The summed E-state index contributed by atoms with van der Waals surface area (Å²) in [6, 6.07) is 11.2. The monoisotopic (exact) mass is 525 g/mol. The summed E-state index contributed by atoms with van der Waals surface area (Å²) in [6.45, 7) is 1.48. The zero-order valence-corrected chi connectivity index (χ0v) is 21.1. The lowest BCUT2D eigenvalue weighted by Gasteiger charge is -2.26. The number of halogens is 1. The number of carbonyl (C=O) groups is 3. The maximum Gasteiger partial charge on any atom is 0.258 e. The van der Waals surface area contributed by atoms with Crippen molar-refractivity contribution in [2.24, 2.45) is 5.73 Å². The highest BCUT2D eigenvalue weighted by Gasteiger charge is 2.27. The third-order valence-corrected chi connectivity index (χ3v) is 7.23. The van der Waals surface area contributed by atoms with Gasteiger partial charge in [0, 0.05) is 17.3 Å². The number of benzene rings is 2. The summed E-state index contributed by atoms with van der Waals surface area (Å²) in [4.78, 5) is 43.2. The topological polar surface area (TPSA) is 141 Å². The molecule has 1 aliphatic carbocycles. The number of ketones is 1. The summed E-state index contributed by atoms with van der Waals surface area (Å²) in [5.41, 5.74) is 12.4. The van der Waals surface area contributed by atoms with Crippen LogP contribution in [0.2, 0.25) is 0 Å². The fourth-order valence-electron chi connectivity index (χ4n) is 4.14. The summed E-state index contributed by atoms with van der Waals surface area (Å²) in [7, 11) is 0. The Balaban J connectivity index is 1.47. The highest BCUT2D eigenvalue weighted by atomic mass is 32.1. The number of nitrogens with one attached hydrogen (secondary N) is 1. The lowest BCUT2D eigenvalue weighted by atomic mass is 10.1. The number of thiazole rings is 1. The Hall–Kier alpha value is -3.99. The van der Waals surface area contributed by atoms with E-state index in [1.807, 2.05) is 0 Å². The van der Waals surface area contributed by atoms with Gasteiger partial charge in [-0.2, -0.15) is 0 Å². The molecule has 11 heteroatoms. The van der Waals surface area contributed by atoms with Crippen LogP contribution in [0, 0.1) is 5.82 Å². The number of nitrogens with two attached hydrogens (primary N) is 2. The Bertz CT molecular complexity index is 1270. The van der Waals surface area contributed by atoms with Gasteiger partial charge in [0.05, 0.1) is 0 Å². The van der Waals surface area contributed by atoms with Crippen LogP contribution in [0.5, 0.6) is 5.75 Å². The van der Waals surface area contributed by atoms with E-state index in [9.17, 15) is 18.8 Å². The van der Waals surface area contributed by atoms with E-state index < -0.39 is 17.8 Å². The number of hydrogen-bond acceptors (Lipinski definition) is 8. The van der Waals surface area contributed by atoms with Crippen LogP contribution in [-0.4, -0.2) is 41.3 Å². The second-order valence-corrected chi connectivity index (χ2v) is 9.80. The molecule has 3 aromatic rings. The van der Waals surface area contributed by atoms with Crippen LogP contribution in [0.4, 0.5) is 21.0 Å². The van der Waals surface area contributed by atoms with Gasteiger partial charge in [0.25, 0.3) is 5.91 Å². The van der Waals surface area contributed by atoms with Gasteiger partial charge >= 0.3 is 0 Å². The Morgan fingerprint density at radius 3 is 2.41 bits per heavy atom. The fraction of sp³-hybridized carbons (Fsp3) is 0.308. The normalized spacial score (nSPS) is 14.2. The number of primary amides is 1. The lowest BCUT2D eigenvalue weighted by molar-refractivity contribution is -0.123. The van der Waals surface area contributed by atoms with Crippen LogP contribution in [0.15, 0.2) is 48.5 Å². The van der Waals surface area contributed by atoms with Gasteiger partial charge in [-0.15, -0.1) is 0 Å². The lowest BCUT2D eigenvalue weighted by Crippen LogP contribution is -2.39. The van der Waals surface area contributed by atoms with Gasteiger partial charge in [0.2, 0.25) is 11.7 Å². The third-order valence-electron chi connectivity index (χ3n) is 6.16. The van der Waals surface area contributed by atoms with Gasteiger partial charge in [0.15, 0.2) is 11.7 Å². The van der Waals surface area contributed by atoms with Gasteiger partial charge in [-0.3, -0.25) is 14.4 Å². The molecule has 0 spiro atoms. The molecule has 0 saturated heterocycles. The van der Waals surface area contributed by atoms with E-state index in [0.29, 0.717) is 17.0 Å². The largest absolute Gasteiger partial charge is 0.484 e. The van der Waals surface area contributed by atoms with Gasteiger partial charge in [-0.05, 0) is 68.3 Å². The van der Waals surface area contributed by atoms with Crippen LogP contribution >= 0.6 is 11.3 Å². The third kappa shape index (κ3) is 6.23. The summed E-state index contributed by atoms with van der Waals surface area (Å²) in [6.07, 6.45) is 4.24. The van der Waals surface area contributed by atoms with E-state index in [4.69, 9.17) is 16.2 Å². The summed E-state index contributed by atoms with van der Waals surface area (Å²) in [5, 5.41) is 3.23. The highest BCUT2D eigenvalue weighted by molar-refractivity contribution is 7.18. The van der Waals surface area contributed by atoms with Crippen molar-refractivity contribution in [2.45, 2.75) is 44.7 Å². The molecule has 37 heavy (non-hydrogen) atoms. The summed E-state index contributed by atoms with van der Waals surface area (Å²) < 4.78 is 19.0. The molecule has 1 heterocycles. The Morgan fingerprint density at radius 1 is 1.14 bits per heavy atom. The molecular formula is C26H28FN5O4S. The van der Waals surface area contributed by atoms with Gasteiger partial charge in [-0.1, -0.05) is 24.2 Å². The van der Waals surface area contributed by atoms with Crippen molar-refractivity contribution in [1.29, 1.82) is 0 Å². The van der Waals surface area contributed by atoms with Crippen molar-refractivity contribution in [3.63, 3.8) is 0 Å². The minimum atomic E-state index is -0.832.